The van der Waals surface area contributed by atoms with E-state index in [4.69, 9.17) is 0 Å². The zero-order chi connectivity index (χ0) is 14.0. The molecule has 0 spiro atoms. The first-order valence-electron chi connectivity index (χ1n) is 5.89. The lowest BCUT2D eigenvalue weighted by Gasteiger charge is -2.19. The van der Waals surface area contributed by atoms with Gasteiger partial charge in [-0.15, -0.1) is 0 Å². The fourth-order valence-electron chi connectivity index (χ4n) is 1.79. The quantitative estimate of drug-likeness (QED) is 0.810. The smallest absolute Gasteiger partial charge is 0.271 e. The number of anilines is 1. The Hall–Kier alpha value is -1.44. The topological polar surface area (TPSA) is 61.8 Å². The molecule has 0 fully saturated rings. The van der Waals surface area contributed by atoms with E-state index < -0.39 is 0 Å². The molecule has 0 aliphatic carbocycles. The Kier molecular flexibility index (Phi) is 4.18. The normalized spacial score (nSPS) is 15.2. The Balaban J connectivity index is 2.13. The van der Waals surface area contributed by atoms with E-state index in [0.29, 0.717) is 18.6 Å². The van der Waals surface area contributed by atoms with Crippen LogP contribution in [-0.2, 0) is 9.59 Å². The highest BCUT2D eigenvalue weighted by atomic mass is 127. The van der Waals surface area contributed by atoms with E-state index in [0.717, 1.165) is 14.8 Å². The van der Waals surface area contributed by atoms with Gasteiger partial charge in [0.25, 0.3) is 5.91 Å². The van der Waals surface area contributed by atoms with Crippen LogP contribution in [0.5, 0.6) is 0 Å². The maximum Gasteiger partial charge on any atom is 0.271 e. The standard InChI is InChI=1S/C13H14IN3O2/c1-8-7-9(14)3-4-10(8)15-13(19)11-5-6-12(18)17(2)16-11/h3-4,7H,5-6H2,1-2H3,(H,15,19). The van der Waals surface area contributed by atoms with Crippen LogP contribution in [0.15, 0.2) is 23.3 Å². The van der Waals surface area contributed by atoms with Crippen molar-refractivity contribution in [2.75, 3.05) is 12.4 Å². The van der Waals surface area contributed by atoms with E-state index in [1.165, 1.54) is 5.01 Å². The molecule has 1 aromatic rings. The third-order valence-electron chi connectivity index (χ3n) is 2.91. The maximum atomic E-state index is 12.1. The monoisotopic (exact) mass is 371 g/mol. The summed E-state index contributed by atoms with van der Waals surface area (Å²) in [6, 6.07) is 5.79. The lowest BCUT2D eigenvalue weighted by Crippen LogP contribution is -2.34. The van der Waals surface area contributed by atoms with E-state index in [9.17, 15) is 9.59 Å². The third kappa shape index (κ3) is 3.31. The largest absolute Gasteiger partial charge is 0.321 e. The van der Waals surface area contributed by atoms with E-state index in [-0.39, 0.29) is 11.8 Å². The van der Waals surface area contributed by atoms with Gasteiger partial charge >= 0.3 is 0 Å². The summed E-state index contributed by atoms with van der Waals surface area (Å²) in [6.45, 7) is 1.94. The molecule has 0 bridgehead atoms. The number of benzene rings is 1. The van der Waals surface area contributed by atoms with Gasteiger partial charge in [-0.25, -0.2) is 5.01 Å². The van der Waals surface area contributed by atoms with Crippen LogP contribution in [-0.4, -0.2) is 29.6 Å². The average molecular weight is 371 g/mol. The second kappa shape index (κ2) is 5.68. The number of aryl methyl sites for hydroxylation is 1. The fourth-order valence-corrected chi connectivity index (χ4v) is 2.44. The van der Waals surface area contributed by atoms with Gasteiger partial charge in [0.15, 0.2) is 0 Å². The van der Waals surface area contributed by atoms with Crippen molar-refractivity contribution in [1.29, 1.82) is 0 Å². The number of hydrogen-bond acceptors (Lipinski definition) is 3. The van der Waals surface area contributed by atoms with E-state index >= 15 is 0 Å². The molecule has 6 heteroatoms. The van der Waals surface area contributed by atoms with Crippen molar-refractivity contribution >= 4 is 45.8 Å². The minimum atomic E-state index is -0.247. The first-order chi connectivity index (χ1) is 8.97. The van der Waals surface area contributed by atoms with Crippen LogP contribution < -0.4 is 5.32 Å². The Morgan fingerprint density at radius 3 is 2.79 bits per heavy atom. The Labute approximate surface area is 125 Å². The molecule has 0 aromatic heterocycles. The fraction of sp³-hybridized carbons (Fsp3) is 0.308. The number of rotatable bonds is 2. The number of nitrogens with zero attached hydrogens (tertiary/aromatic N) is 2. The van der Waals surface area contributed by atoms with Crippen molar-refractivity contribution in [3.8, 4) is 0 Å². The molecule has 5 nitrogen and oxygen atoms in total. The summed E-state index contributed by atoms with van der Waals surface area (Å²) in [7, 11) is 1.56. The second-order valence-electron chi connectivity index (χ2n) is 4.38. The summed E-state index contributed by atoms with van der Waals surface area (Å²) in [4.78, 5) is 23.4. The van der Waals surface area contributed by atoms with Gasteiger partial charge in [0, 0.05) is 29.1 Å². The lowest BCUT2D eigenvalue weighted by atomic mass is 10.1. The SMILES string of the molecule is Cc1cc(I)ccc1NC(=O)C1=NN(C)C(=O)CC1. The van der Waals surface area contributed by atoms with Crippen LogP contribution in [0.25, 0.3) is 0 Å². The molecular weight excluding hydrogens is 357 g/mol. The minimum absolute atomic E-state index is 0.0676. The molecule has 0 saturated heterocycles. The molecule has 19 heavy (non-hydrogen) atoms. The molecule has 1 aromatic carbocycles. The van der Waals surface area contributed by atoms with E-state index in [2.05, 4.69) is 33.0 Å². The van der Waals surface area contributed by atoms with Crippen molar-refractivity contribution in [3.63, 3.8) is 0 Å². The summed E-state index contributed by atoms with van der Waals surface area (Å²) in [5.41, 5.74) is 2.16. The molecule has 1 aliphatic heterocycles. The van der Waals surface area contributed by atoms with E-state index in [1.54, 1.807) is 7.05 Å². The highest BCUT2D eigenvalue weighted by molar-refractivity contribution is 14.1. The van der Waals surface area contributed by atoms with Crippen LogP contribution in [0, 0.1) is 10.5 Å². The zero-order valence-corrected chi connectivity index (χ0v) is 12.9. The molecule has 100 valence electrons. The predicted octanol–water partition coefficient (Wildman–Crippen LogP) is 2.15. The van der Waals surface area contributed by atoms with Crippen LogP contribution in [0.1, 0.15) is 18.4 Å². The molecule has 2 amide bonds. The molecule has 1 heterocycles. The summed E-state index contributed by atoms with van der Waals surface area (Å²) in [6.07, 6.45) is 0.715. The molecule has 1 N–H and O–H groups in total. The molecule has 0 atom stereocenters. The van der Waals surface area contributed by atoms with Crippen molar-refractivity contribution in [2.24, 2.45) is 5.10 Å². The summed E-state index contributed by atoms with van der Waals surface area (Å²) >= 11 is 2.22. The molecule has 1 aliphatic rings. The maximum absolute atomic E-state index is 12.1. The molecule has 0 saturated carbocycles. The molecule has 2 rings (SSSR count). The Bertz CT molecular complexity index is 569. The molecule has 0 unspecified atom stereocenters. The van der Waals surface area contributed by atoms with Gasteiger partial charge in [0.05, 0.1) is 0 Å². The number of halogens is 1. The highest BCUT2D eigenvalue weighted by Gasteiger charge is 2.22. The summed E-state index contributed by atoms with van der Waals surface area (Å²) in [5, 5.41) is 8.05. The van der Waals surface area contributed by atoms with Crippen molar-refractivity contribution in [3.05, 3.63) is 27.3 Å². The lowest BCUT2D eigenvalue weighted by molar-refractivity contribution is -0.130. The van der Waals surface area contributed by atoms with Gasteiger partial charge in [0.1, 0.15) is 5.71 Å². The number of amides is 2. The molecule has 0 radical (unpaired) electrons. The number of hydrogen-bond donors (Lipinski definition) is 1. The predicted molar refractivity (Wildman–Crippen MR) is 82.0 cm³/mol. The number of carbonyl (C=O) groups excluding carboxylic acids is 2. The Morgan fingerprint density at radius 1 is 1.42 bits per heavy atom. The minimum Gasteiger partial charge on any atom is -0.321 e. The number of hydrazone groups is 1. The number of carbonyl (C=O) groups is 2. The third-order valence-corrected chi connectivity index (χ3v) is 3.58. The average Bonchev–Trinajstić information content (AvgIpc) is 2.36. The van der Waals surface area contributed by atoms with E-state index in [1.807, 2.05) is 25.1 Å². The van der Waals surface area contributed by atoms with Crippen LogP contribution in [0.2, 0.25) is 0 Å². The first kappa shape index (κ1) is 14.0. The van der Waals surface area contributed by atoms with Crippen LogP contribution in [0.3, 0.4) is 0 Å². The van der Waals surface area contributed by atoms with Crippen molar-refractivity contribution in [1.82, 2.24) is 5.01 Å². The van der Waals surface area contributed by atoms with Gasteiger partial charge < -0.3 is 5.32 Å². The highest BCUT2D eigenvalue weighted by Crippen LogP contribution is 2.18. The van der Waals surface area contributed by atoms with Gasteiger partial charge in [-0.05, 0) is 53.3 Å². The van der Waals surface area contributed by atoms with Gasteiger partial charge in [-0.2, -0.15) is 5.10 Å². The van der Waals surface area contributed by atoms with Gasteiger partial charge in [-0.1, -0.05) is 0 Å². The number of nitrogens with one attached hydrogen (secondary N) is 1. The summed E-state index contributed by atoms with van der Waals surface area (Å²) in [5.74, 6) is -0.314. The second-order valence-corrected chi connectivity index (χ2v) is 5.62. The van der Waals surface area contributed by atoms with Crippen molar-refractivity contribution in [2.45, 2.75) is 19.8 Å². The van der Waals surface area contributed by atoms with Gasteiger partial charge in [0.2, 0.25) is 5.91 Å². The van der Waals surface area contributed by atoms with Gasteiger partial charge in [-0.3, -0.25) is 9.59 Å². The molecular formula is C13H14IN3O2. The summed E-state index contributed by atoms with van der Waals surface area (Å²) < 4.78 is 1.12. The Morgan fingerprint density at radius 2 is 2.16 bits per heavy atom. The zero-order valence-electron chi connectivity index (χ0n) is 10.7. The van der Waals surface area contributed by atoms with Crippen LogP contribution >= 0.6 is 22.6 Å². The van der Waals surface area contributed by atoms with Crippen molar-refractivity contribution < 1.29 is 9.59 Å². The van der Waals surface area contributed by atoms with Crippen LogP contribution in [0.4, 0.5) is 5.69 Å². The first-order valence-corrected chi connectivity index (χ1v) is 6.97.